The number of anilines is 1. The molecule has 0 aliphatic rings. The zero-order valence-corrected chi connectivity index (χ0v) is 16.2. The summed E-state index contributed by atoms with van der Waals surface area (Å²) in [5, 5.41) is 2.66. The Morgan fingerprint density at radius 3 is 2.46 bits per heavy atom. The molecule has 152 valence electrons. The topological polar surface area (TPSA) is 75.7 Å². The highest BCUT2D eigenvalue weighted by Crippen LogP contribution is 2.19. The molecule has 6 nitrogen and oxygen atoms in total. The van der Waals surface area contributed by atoms with Crippen LogP contribution in [0.3, 0.4) is 0 Å². The molecule has 0 saturated carbocycles. The van der Waals surface area contributed by atoms with Crippen molar-refractivity contribution in [2.75, 3.05) is 30.3 Å². The second-order valence-electron chi connectivity index (χ2n) is 6.07. The van der Waals surface area contributed by atoms with Gasteiger partial charge in [0.05, 0.1) is 18.5 Å². The third kappa shape index (κ3) is 7.15. The van der Waals surface area contributed by atoms with Gasteiger partial charge in [0.25, 0.3) is 0 Å². The van der Waals surface area contributed by atoms with E-state index in [0.29, 0.717) is 5.75 Å². The fourth-order valence-electron chi connectivity index (χ4n) is 2.48. The van der Waals surface area contributed by atoms with Crippen molar-refractivity contribution >= 4 is 21.6 Å². The van der Waals surface area contributed by atoms with Gasteiger partial charge in [-0.1, -0.05) is 6.07 Å². The summed E-state index contributed by atoms with van der Waals surface area (Å²) in [6.45, 7) is 0.536. The Kier molecular flexibility index (Phi) is 7.74. The number of sulfonamides is 1. The Bertz CT molecular complexity index is 889. The van der Waals surface area contributed by atoms with Crippen LogP contribution in [0.5, 0.6) is 5.75 Å². The molecular formula is C19H22F2N2O4S. The molecule has 0 saturated heterocycles. The second-order valence-corrected chi connectivity index (χ2v) is 7.98. The lowest BCUT2D eigenvalue weighted by molar-refractivity contribution is -0.121. The van der Waals surface area contributed by atoms with E-state index in [4.69, 9.17) is 4.74 Å². The quantitative estimate of drug-likeness (QED) is 0.609. The lowest BCUT2D eigenvalue weighted by Crippen LogP contribution is -2.33. The van der Waals surface area contributed by atoms with E-state index >= 15 is 0 Å². The minimum absolute atomic E-state index is 0.0573. The van der Waals surface area contributed by atoms with Crippen molar-refractivity contribution in [2.45, 2.75) is 12.8 Å². The standard InChI is InChI=1S/C19H22F2N2O4S/c1-28(25,26)23(17-5-2-4-16(21)14-17)12-3-6-19(24)22-11-13-27-18-9-7-15(20)8-10-18/h2,4-5,7-10,14H,3,6,11-13H2,1H3,(H,22,24). The summed E-state index contributed by atoms with van der Waals surface area (Å²) in [4.78, 5) is 11.9. The number of hydrogen-bond donors (Lipinski definition) is 1. The monoisotopic (exact) mass is 412 g/mol. The molecule has 0 radical (unpaired) electrons. The van der Waals surface area contributed by atoms with E-state index in [1.165, 1.54) is 42.5 Å². The van der Waals surface area contributed by atoms with Gasteiger partial charge in [-0.2, -0.15) is 0 Å². The van der Waals surface area contributed by atoms with E-state index in [2.05, 4.69) is 5.32 Å². The van der Waals surface area contributed by atoms with Crippen molar-refractivity contribution in [1.29, 1.82) is 0 Å². The largest absolute Gasteiger partial charge is 0.492 e. The van der Waals surface area contributed by atoms with Crippen LogP contribution in [0, 0.1) is 11.6 Å². The summed E-state index contributed by atoms with van der Waals surface area (Å²) in [6, 6.07) is 10.8. The molecule has 0 fully saturated rings. The average Bonchev–Trinajstić information content (AvgIpc) is 2.63. The number of ether oxygens (including phenoxy) is 1. The maximum absolute atomic E-state index is 13.4. The molecule has 28 heavy (non-hydrogen) atoms. The van der Waals surface area contributed by atoms with Crippen LogP contribution in [0.25, 0.3) is 0 Å². The molecular weight excluding hydrogens is 390 g/mol. The van der Waals surface area contributed by atoms with Crippen LogP contribution in [-0.4, -0.2) is 40.3 Å². The molecule has 2 aromatic rings. The molecule has 0 aliphatic carbocycles. The predicted molar refractivity (Wildman–Crippen MR) is 103 cm³/mol. The lowest BCUT2D eigenvalue weighted by Gasteiger charge is -2.22. The van der Waals surface area contributed by atoms with E-state index < -0.39 is 15.8 Å². The van der Waals surface area contributed by atoms with Gasteiger partial charge in [-0.05, 0) is 48.9 Å². The highest BCUT2D eigenvalue weighted by molar-refractivity contribution is 7.92. The molecule has 1 amide bonds. The van der Waals surface area contributed by atoms with Crippen LogP contribution >= 0.6 is 0 Å². The number of carbonyl (C=O) groups is 1. The van der Waals surface area contributed by atoms with Gasteiger partial charge in [0, 0.05) is 13.0 Å². The Hall–Kier alpha value is -2.68. The van der Waals surface area contributed by atoms with Gasteiger partial charge in [0.2, 0.25) is 15.9 Å². The highest BCUT2D eigenvalue weighted by Gasteiger charge is 2.18. The normalized spacial score (nSPS) is 11.1. The molecule has 0 heterocycles. The van der Waals surface area contributed by atoms with Crippen LogP contribution in [0.4, 0.5) is 14.5 Å². The fourth-order valence-corrected chi connectivity index (χ4v) is 3.44. The number of amides is 1. The smallest absolute Gasteiger partial charge is 0.232 e. The zero-order valence-electron chi connectivity index (χ0n) is 15.4. The lowest BCUT2D eigenvalue weighted by atomic mass is 10.2. The SMILES string of the molecule is CS(=O)(=O)N(CCCC(=O)NCCOc1ccc(F)cc1)c1cccc(F)c1. The van der Waals surface area contributed by atoms with E-state index in [-0.39, 0.29) is 49.9 Å². The van der Waals surface area contributed by atoms with Crippen molar-refractivity contribution in [3.63, 3.8) is 0 Å². The summed E-state index contributed by atoms with van der Waals surface area (Å²) in [5.41, 5.74) is 0.218. The molecule has 1 N–H and O–H groups in total. The van der Waals surface area contributed by atoms with Crippen LogP contribution in [0.1, 0.15) is 12.8 Å². The summed E-state index contributed by atoms with van der Waals surface area (Å²) in [7, 11) is -3.60. The minimum Gasteiger partial charge on any atom is -0.492 e. The minimum atomic E-state index is -3.60. The Morgan fingerprint density at radius 1 is 1.11 bits per heavy atom. The predicted octanol–water partition coefficient (Wildman–Crippen LogP) is 2.71. The van der Waals surface area contributed by atoms with Crippen LogP contribution in [0.2, 0.25) is 0 Å². The number of halogens is 2. The number of hydrogen-bond acceptors (Lipinski definition) is 4. The Balaban J connectivity index is 1.74. The van der Waals surface area contributed by atoms with Crippen molar-refractivity contribution in [3.8, 4) is 5.75 Å². The first kappa shape index (κ1) is 21.6. The number of nitrogens with one attached hydrogen (secondary N) is 1. The third-order valence-corrected chi connectivity index (χ3v) is 4.96. The van der Waals surface area contributed by atoms with Crippen molar-refractivity contribution in [2.24, 2.45) is 0 Å². The highest BCUT2D eigenvalue weighted by atomic mass is 32.2. The van der Waals surface area contributed by atoms with Crippen LogP contribution < -0.4 is 14.4 Å². The first-order valence-electron chi connectivity index (χ1n) is 8.64. The van der Waals surface area contributed by atoms with Crippen molar-refractivity contribution in [1.82, 2.24) is 5.32 Å². The molecule has 0 aromatic heterocycles. The summed E-state index contributed by atoms with van der Waals surface area (Å²) < 4.78 is 56.5. The number of carbonyl (C=O) groups excluding carboxylic acids is 1. The average molecular weight is 412 g/mol. The molecule has 9 heteroatoms. The van der Waals surface area contributed by atoms with Crippen LogP contribution in [0.15, 0.2) is 48.5 Å². The van der Waals surface area contributed by atoms with Crippen molar-refractivity contribution < 1.29 is 26.7 Å². The summed E-state index contributed by atoms with van der Waals surface area (Å²) in [5.74, 6) is -0.656. The van der Waals surface area contributed by atoms with Gasteiger partial charge < -0.3 is 10.1 Å². The molecule has 0 unspecified atom stereocenters. The maximum Gasteiger partial charge on any atom is 0.232 e. The van der Waals surface area contributed by atoms with Gasteiger partial charge in [0.1, 0.15) is 24.0 Å². The molecule has 2 rings (SSSR count). The van der Waals surface area contributed by atoms with E-state index in [0.717, 1.165) is 16.6 Å². The first-order valence-corrected chi connectivity index (χ1v) is 10.5. The molecule has 0 spiro atoms. The molecule has 2 aromatic carbocycles. The van der Waals surface area contributed by atoms with Gasteiger partial charge in [-0.25, -0.2) is 17.2 Å². The van der Waals surface area contributed by atoms with Gasteiger partial charge in [0.15, 0.2) is 0 Å². The maximum atomic E-state index is 13.4. The first-order chi connectivity index (χ1) is 13.3. The second kappa shape index (κ2) is 10.0. The summed E-state index contributed by atoms with van der Waals surface area (Å²) in [6.07, 6.45) is 1.41. The Labute approximate surface area is 163 Å². The molecule has 0 bridgehead atoms. The van der Waals surface area contributed by atoms with Gasteiger partial charge >= 0.3 is 0 Å². The molecule has 0 aliphatic heterocycles. The third-order valence-electron chi connectivity index (χ3n) is 3.77. The van der Waals surface area contributed by atoms with E-state index in [1.807, 2.05) is 0 Å². The number of nitrogens with zero attached hydrogens (tertiary/aromatic N) is 1. The molecule has 0 atom stereocenters. The van der Waals surface area contributed by atoms with Gasteiger partial charge in [-0.3, -0.25) is 9.10 Å². The van der Waals surface area contributed by atoms with Crippen molar-refractivity contribution in [3.05, 3.63) is 60.2 Å². The zero-order chi connectivity index (χ0) is 20.6. The fraction of sp³-hybridized carbons (Fsp3) is 0.316. The Morgan fingerprint density at radius 2 is 1.82 bits per heavy atom. The number of benzene rings is 2. The van der Waals surface area contributed by atoms with E-state index in [9.17, 15) is 22.0 Å². The summed E-state index contributed by atoms with van der Waals surface area (Å²) >= 11 is 0. The van der Waals surface area contributed by atoms with Crippen LogP contribution in [-0.2, 0) is 14.8 Å². The van der Waals surface area contributed by atoms with E-state index in [1.54, 1.807) is 0 Å². The number of rotatable bonds is 10. The van der Waals surface area contributed by atoms with Gasteiger partial charge in [-0.15, -0.1) is 0 Å².